The van der Waals surface area contributed by atoms with Crippen molar-refractivity contribution >= 4 is 11.6 Å². The van der Waals surface area contributed by atoms with E-state index < -0.39 is 67.9 Å². The Morgan fingerprint density at radius 1 is 1.14 bits per heavy atom. The summed E-state index contributed by atoms with van der Waals surface area (Å²) in [4.78, 5) is 0. The Hall–Kier alpha value is -1.67. The molecular weight excluding hydrogens is 384 g/mol. The van der Waals surface area contributed by atoms with Crippen molar-refractivity contribution in [2.24, 2.45) is 0 Å². The minimum absolute atomic E-state index is 0.138. The van der Waals surface area contributed by atoms with Crippen molar-refractivity contribution in [3.05, 3.63) is 64.2 Å². The molecule has 0 radical (unpaired) electrons. The van der Waals surface area contributed by atoms with Crippen molar-refractivity contribution in [3.63, 3.8) is 0 Å². The molecule has 1 aliphatic heterocycles. The van der Waals surface area contributed by atoms with Crippen molar-refractivity contribution in [1.82, 2.24) is 0 Å². The molecular formula is C21H25ClO6. The quantitative estimate of drug-likeness (QED) is 0.569. The predicted octanol–water partition coefficient (Wildman–Crippen LogP) is 1.84. The van der Waals surface area contributed by atoms with Crippen LogP contribution in [0.1, 0.15) is 46.1 Å². The first-order valence-corrected chi connectivity index (χ1v) is 8.28. The zero-order chi connectivity index (χ0) is 31.0. The third-order valence-electron chi connectivity index (χ3n) is 3.83. The Balaban J connectivity index is 2.09. The van der Waals surface area contributed by atoms with Gasteiger partial charge in [0.25, 0.3) is 0 Å². The normalized spacial score (nSPS) is 48.5. The van der Waals surface area contributed by atoms with Crippen LogP contribution in [0.3, 0.4) is 0 Å². The lowest BCUT2D eigenvalue weighted by Gasteiger charge is -2.40. The second-order valence-corrected chi connectivity index (χ2v) is 6.01. The maximum Gasteiger partial charge on any atom is 0.119 e. The number of benzene rings is 2. The van der Waals surface area contributed by atoms with Crippen LogP contribution in [0.5, 0.6) is 5.75 Å². The lowest BCUT2D eigenvalue weighted by atomic mass is 9.90. The highest BCUT2D eigenvalue weighted by Gasteiger charge is 2.43. The lowest BCUT2D eigenvalue weighted by molar-refractivity contribution is -0.231. The number of hydrogen-bond acceptors (Lipinski definition) is 6. The van der Waals surface area contributed by atoms with Gasteiger partial charge in [-0.1, -0.05) is 35.9 Å². The summed E-state index contributed by atoms with van der Waals surface area (Å²) in [5.41, 5.74) is -1.20. The van der Waals surface area contributed by atoms with Gasteiger partial charge in [-0.2, -0.15) is 0 Å². The molecule has 152 valence electrons. The molecule has 5 atom stereocenters. The summed E-state index contributed by atoms with van der Waals surface area (Å²) in [5, 5.41) is 40.9. The molecule has 3 rings (SSSR count). The Labute approximate surface area is 185 Å². The fourth-order valence-corrected chi connectivity index (χ4v) is 2.62. The van der Waals surface area contributed by atoms with Crippen molar-refractivity contribution in [2.45, 2.75) is 43.6 Å². The first-order valence-electron chi connectivity index (χ1n) is 13.9. The highest BCUT2D eigenvalue weighted by Crippen LogP contribution is 2.34. The van der Waals surface area contributed by atoms with Gasteiger partial charge in [-0.05, 0) is 48.1 Å². The molecule has 0 bridgehead atoms. The van der Waals surface area contributed by atoms with E-state index in [1.54, 1.807) is 0 Å². The molecule has 0 aliphatic carbocycles. The van der Waals surface area contributed by atoms with Gasteiger partial charge in [0.2, 0.25) is 0 Å². The number of aliphatic hydroxyl groups is 4. The van der Waals surface area contributed by atoms with Crippen molar-refractivity contribution in [2.75, 3.05) is 13.2 Å². The third-order valence-corrected chi connectivity index (χ3v) is 4.16. The molecule has 0 saturated carbocycles. The Morgan fingerprint density at radius 3 is 2.57 bits per heavy atom. The highest BCUT2D eigenvalue weighted by molar-refractivity contribution is 6.31. The lowest BCUT2D eigenvalue weighted by Crippen LogP contribution is -2.55. The molecule has 2 aromatic carbocycles. The summed E-state index contributed by atoms with van der Waals surface area (Å²) < 4.78 is 105. The average molecular weight is 421 g/mol. The number of rotatable bonds is 6. The van der Waals surface area contributed by atoms with Crippen LogP contribution in [0, 0.1) is 0 Å². The summed E-state index contributed by atoms with van der Waals surface area (Å²) >= 11 is 6.22. The Morgan fingerprint density at radius 2 is 1.89 bits per heavy atom. The molecule has 28 heavy (non-hydrogen) atoms. The SMILES string of the molecule is [2H]C([2H])(c1ccc(OC([2H])([2H])C([2H])([2H])[2H])cc1)c1cc([C@]2([2H])O[C@]([2H])(CO)[C@@]([2H])(O)[C@]([2H])(O)[C@@]2([2H])O)ccc1Cl. The molecule has 0 spiro atoms. The van der Waals surface area contributed by atoms with Gasteiger partial charge in [-0.25, -0.2) is 0 Å². The second-order valence-electron chi connectivity index (χ2n) is 5.61. The molecule has 4 N–H and O–H groups in total. The fraction of sp³-hybridized carbons (Fsp3) is 0.429. The van der Waals surface area contributed by atoms with E-state index in [1.807, 2.05) is 0 Å². The Bertz CT molecular complexity index is 1270. The summed E-state index contributed by atoms with van der Waals surface area (Å²) in [6.45, 7) is -7.72. The van der Waals surface area contributed by atoms with Gasteiger partial charge >= 0.3 is 0 Å². The number of hydrogen-bond donors (Lipinski definition) is 4. The molecule has 1 fully saturated rings. The standard InChI is InChI=1S/C21H25ClO6/c1-2-27-15-6-3-12(4-7-15)9-14-10-13(5-8-16(14)22)21-20(26)19(25)18(24)17(11-23)28-21/h3-8,10,17-21,23-26H,2,9,11H2,1H3/t17-,18-,19+,20-,21+/m1/s1/i1D3,2D2,9D2,17D,18D,19D,20D,21D. The van der Waals surface area contributed by atoms with E-state index in [0.717, 1.165) is 42.5 Å². The van der Waals surface area contributed by atoms with E-state index in [-0.39, 0.29) is 16.3 Å². The van der Waals surface area contributed by atoms with Crippen molar-refractivity contribution in [3.8, 4) is 5.75 Å². The van der Waals surface area contributed by atoms with E-state index in [2.05, 4.69) is 0 Å². The molecule has 2 aromatic rings. The topological polar surface area (TPSA) is 99.4 Å². The summed E-state index contributed by atoms with van der Waals surface area (Å²) in [7, 11) is 0. The van der Waals surface area contributed by atoms with Crippen LogP contribution in [-0.2, 0) is 11.1 Å². The molecule has 1 saturated heterocycles. The van der Waals surface area contributed by atoms with E-state index >= 15 is 0 Å². The van der Waals surface area contributed by atoms with Crippen LogP contribution < -0.4 is 4.74 Å². The van der Waals surface area contributed by atoms with Crippen LogP contribution in [-0.4, -0.2) is 57.9 Å². The molecule has 1 heterocycles. The van der Waals surface area contributed by atoms with E-state index in [4.69, 9.17) is 37.5 Å². The summed E-state index contributed by atoms with van der Waals surface area (Å²) in [6.07, 6.45) is -21.0. The van der Waals surface area contributed by atoms with Crippen LogP contribution in [0.15, 0.2) is 42.5 Å². The fourth-order valence-electron chi connectivity index (χ4n) is 2.46. The van der Waals surface area contributed by atoms with Crippen molar-refractivity contribution in [1.29, 1.82) is 0 Å². The van der Waals surface area contributed by atoms with Crippen LogP contribution in [0.4, 0.5) is 0 Å². The van der Waals surface area contributed by atoms with Gasteiger partial charge < -0.3 is 29.9 Å². The smallest absolute Gasteiger partial charge is 0.119 e. The second kappa shape index (κ2) is 9.22. The molecule has 0 unspecified atom stereocenters. The van der Waals surface area contributed by atoms with E-state index in [0.29, 0.717) is 0 Å². The van der Waals surface area contributed by atoms with Gasteiger partial charge in [0.15, 0.2) is 0 Å². The van der Waals surface area contributed by atoms with Gasteiger partial charge in [0.05, 0.1) is 22.8 Å². The van der Waals surface area contributed by atoms with Gasteiger partial charge in [0.1, 0.15) is 36.1 Å². The molecule has 1 aliphatic rings. The van der Waals surface area contributed by atoms with Crippen LogP contribution in [0.25, 0.3) is 0 Å². The average Bonchev–Trinajstić information content (AvgIpc) is 2.82. The van der Waals surface area contributed by atoms with Gasteiger partial charge in [0, 0.05) is 11.9 Å². The van der Waals surface area contributed by atoms with Crippen LogP contribution >= 0.6 is 11.6 Å². The zero-order valence-corrected chi connectivity index (χ0v) is 15.0. The first-order chi connectivity index (χ1) is 17.8. The third kappa shape index (κ3) is 4.49. The van der Waals surface area contributed by atoms with Crippen molar-refractivity contribution < 1.29 is 46.3 Å². The predicted molar refractivity (Wildman–Crippen MR) is 105 cm³/mol. The Kier molecular flexibility index (Phi) is 3.42. The van der Waals surface area contributed by atoms with E-state index in [9.17, 15) is 20.4 Å². The van der Waals surface area contributed by atoms with Crippen LogP contribution in [0.2, 0.25) is 5.02 Å². The first kappa shape index (κ1) is 10.4. The molecule has 7 heteroatoms. The maximum absolute atomic E-state index is 10.8. The monoisotopic (exact) mass is 420 g/mol. The van der Waals surface area contributed by atoms with Gasteiger partial charge in [-0.15, -0.1) is 0 Å². The van der Waals surface area contributed by atoms with E-state index in [1.165, 1.54) is 0 Å². The number of halogens is 1. The highest BCUT2D eigenvalue weighted by atomic mass is 35.5. The molecule has 0 amide bonds. The largest absolute Gasteiger partial charge is 0.494 e. The minimum Gasteiger partial charge on any atom is -0.494 e. The maximum atomic E-state index is 10.8. The molecule has 6 nitrogen and oxygen atoms in total. The summed E-state index contributed by atoms with van der Waals surface area (Å²) in [6, 6.07) is 7.25. The molecule has 0 aromatic heterocycles. The minimum atomic E-state index is -4.02. The zero-order valence-electron chi connectivity index (χ0n) is 26.2. The number of ether oxygens (including phenoxy) is 2. The van der Waals surface area contributed by atoms with Gasteiger partial charge in [-0.3, -0.25) is 0 Å². The summed E-state index contributed by atoms with van der Waals surface area (Å²) in [5.74, 6) is -0.242. The number of aliphatic hydroxyl groups excluding tert-OH is 1.